The maximum absolute atomic E-state index is 10.5. The zero-order valence-corrected chi connectivity index (χ0v) is 18.0. The van der Waals surface area contributed by atoms with Crippen molar-refractivity contribution in [3.05, 3.63) is 30.1 Å². The van der Waals surface area contributed by atoms with Crippen LogP contribution in [0.4, 0.5) is 11.8 Å². The number of aliphatic hydroxyl groups excluding tert-OH is 3. The van der Waals surface area contributed by atoms with E-state index >= 15 is 0 Å². The Morgan fingerprint density at radius 2 is 2.09 bits per heavy atom. The number of ether oxygens (including phenoxy) is 3. The lowest BCUT2D eigenvalue weighted by Crippen LogP contribution is -2.33. The molecule has 1 fully saturated rings. The topological polar surface area (TPSA) is 182 Å². The predicted octanol–water partition coefficient (Wildman–Crippen LogP) is -0.127. The van der Waals surface area contributed by atoms with Gasteiger partial charge in [0.2, 0.25) is 5.95 Å². The highest BCUT2D eigenvalue weighted by Crippen LogP contribution is 2.35. The van der Waals surface area contributed by atoms with Gasteiger partial charge in [-0.2, -0.15) is 5.10 Å². The molecule has 2 aromatic heterocycles. The smallest absolute Gasteiger partial charge is 0.228 e. The molecule has 0 spiro atoms. The summed E-state index contributed by atoms with van der Waals surface area (Å²) in [6.07, 6.45) is -1.95. The molecule has 1 aliphatic rings. The fourth-order valence-corrected chi connectivity index (χ4v) is 3.54. The van der Waals surface area contributed by atoms with E-state index < -0.39 is 31.1 Å². The van der Waals surface area contributed by atoms with Crippen LogP contribution in [0.1, 0.15) is 18.7 Å². The third-order valence-corrected chi connectivity index (χ3v) is 5.14. The van der Waals surface area contributed by atoms with Crippen LogP contribution >= 0.6 is 0 Å². The molecule has 1 aromatic carbocycles. The van der Waals surface area contributed by atoms with E-state index in [2.05, 4.69) is 25.5 Å². The van der Waals surface area contributed by atoms with E-state index in [0.29, 0.717) is 18.1 Å². The van der Waals surface area contributed by atoms with E-state index in [-0.39, 0.29) is 22.9 Å². The van der Waals surface area contributed by atoms with Crippen LogP contribution in [0.25, 0.3) is 11.2 Å². The van der Waals surface area contributed by atoms with Crippen molar-refractivity contribution in [2.45, 2.75) is 31.5 Å². The number of anilines is 2. The lowest BCUT2D eigenvalue weighted by Gasteiger charge is -2.18. The standard InChI is InChI=1S/C20H25N7O6/c1-3-32-11-5-4-10(6-12(11)31-2)7-24-26-20-25-14-17(21)22-9-23-18(14)27(20)19-16(30)15(29)13(8-28)33-19/h4-7,9,13,15-16,19,28-30H,3,8H2,1-2H3,(H,25,26)(H2,21,22,23)/b24-7+/t13-,15-,16+,19-/m1/s1. The quantitative estimate of drug-likeness (QED) is 0.223. The molecule has 33 heavy (non-hydrogen) atoms. The number of aliphatic hydroxyl groups is 3. The Kier molecular flexibility index (Phi) is 6.55. The highest BCUT2D eigenvalue weighted by atomic mass is 16.6. The number of nitrogens with zero attached hydrogens (tertiary/aromatic N) is 5. The average Bonchev–Trinajstić information content (AvgIpc) is 3.32. The minimum absolute atomic E-state index is 0.119. The van der Waals surface area contributed by atoms with Gasteiger partial charge in [-0.15, -0.1) is 0 Å². The summed E-state index contributed by atoms with van der Waals surface area (Å²) in [6.45, 7) is 1.92. The summed E-state index contributed by atoms with van der Waals surface area (Å²) in [5.41, 5.74) is 9.96. The molecule has 1 aliphatic heterocycles. The Balaban J connectivity index is 1.66. The molecule has 13 nitrogen and oxygen atoms in total. The van der Waals surface area contributed by atoms with Crippen LogP contribution < -0.4 is 20.6 Å². The molecular weight excluding hydrogens is 434 g/mol. The Hall–Kier alpha value is -3.52. The molecule has 6 N–H and O–H groups in total. The second-order valence-corrected chi connectivity index (χ2v) is 7.18. The lowest BCUT2D eigenvalue weighted by atomic mass is 10.1. The van der Waals surface area contributed by atoms with E-state index in [1.807, 2.05) is 6.92 Å². The van der Waals surface area contributed by atoms with Gasteiger partial charge >= 0.3 is 0 Å². The molecular formula is C20H25N7O6. The Morgan fingerprint density at radius 3 is 2.79 bits per heavy atom. The van der Waals surface area contributed by atoms with Crippen molar-refractivity contribution in [2.24, 2.45) is 5.10 Å². The van der Waals surface area contributed by atoms with Crippen LogP contribution in [0.5, 0.6) is 11.5 Å². The van der Waals surface area contributed by atoms with Gasteiger partial charge in [0.15, 0.2) is 34.7 Å². The zero-order chi connectivity index (χ0) is 23.5. The predicted molar refractivity (Wildman–Crippen MR) is 118 cm³/mol. The van der Waals surface area contributed by atoms with Crippen molar-refractivity contribution in [3.63, 3.8) is 0 Å². The summed E-state index contributed by atoms with van der Waals surface area (Å²) in [6, 6.07) is 5.33. The van der Waals surface area contributed by atoms with Crippen molar-refractivity contribution >= 4 is 29.1 Å². The number of methoxy groups -OCH3 is 1. The van der Waals surface area contributed by atoms with Crippen LogP contribution in [-0.2, 0) is 4.74 Å². The van der Waals surface area contributed by atoms with Gasteiger partial charge in [-0.05, 0) is 30.7 Å². The molecule has 0 radical (unpaired) electrons. The van der Waals surface area contributed by atoms with E-state index in [1.54, 1.807) is 25.3 Å². The highest BCUT2D eigenvalue weighted by Gasteiger charge is 2.45. The van der Waals surface area contributed by atoms with Gasteiger partial charge < -0.3 is 35.3 Å². The zero-order valence-electron chi connectivity index (χ0n) is 18.0. The van der Waals surface area contributed by atoms with Crippen molar-refractivity contribution in [3.8, 4) is 11.5 Å². The first-order valence-corrected chi connectivity index (χ1v) is 10.2. The number of imidazole rings is 1. The van der Waals surface area contributed by atoms with Crippen molar-refractivity contribution in [1.82, 2.24) is 19.5 Å². The number of aromatic nitrogens is 4. The van der Waals surface area contributed by atoms with Gasteiger partial charge in [0, 0.05) is 0 Å². The molecule has 3 aromatic rings. The minimum Gasteiger partial charge on any atom is -0.493 e. The molecule has 4 atom stereocenters. The summed E-state index contributed by atoms with van der Waals surface area (Å²) < 4.78 is 17.9. The SMILES string of the molecule is CCOc1ccc(/C=N/Nc2nc3c(N)ncnc3n2[C@@H]2O[C@H](CO)[C@@H](O)[C@@H]2O)cc1OC. The highest BCUT2D eigenvalue weighted by molar-refractivity contribution is 5.85. The Morgan fingerprint density at radius 1 is 1.27 bits per heavy atom. The summed E-state index contributed by atoms with van der Waals surface area (Å²) >= 11 is 0. The van der Waals surface area contributed by atoms with Crippen LogP contribution in [0.3, 0.4) is 0 Å². The Labute approximate surface area is 188 Å². The van der Waals surface area contributed by atoms with Crippen LogP contribution in [0.2, 0.25) is 0 Å². The van der Waals surface area contributed by atoms with Crippen molar-refractivity contribution in [2.75, 3.05) is 31.5 Å². The molecule has 1 saturated heterocycles. The second kappa shape index (κ2) is 9.54. The monoisotopic (exact) mass is 459 g/mol. The van der Waals surface area contributed by atoms with Crippen LogP contribution in [0.15, 0.2) is 29.6 Å². The number of nitrogen functional groups attached to an aromatic ring is 1. The van der Waals surface area contributed by atoms with Gasteiger partial charge in [-0.1, -0.05) is 0 Å². The van der Waals surface area contributed by atoms with Crippen LogP contribution in [-0.4, -0.2) is 79.7 Å². The fourth-order valence-electron chi connectivity index (χ4n) is 3.54. The van der Waals surface area contributed by atoms with Gasteiger partial charge in [0.1, 0.15) is 24.6 Å². The third kappa shape index (κ3) is 4.26. The maximum atomic E-state index is 10.5. The fraction of sp³-hybridized carbons (Fsp3) is 0.400. The Bertz CT molecular complexity index is 1150. The molecule has 3 heterocycles. The molecule has 176 valence electrons. The van der Waals surface area contributed by atoms with E-state index in [1.165, 1.54) is 17.1 Å². The molecule has 0 saturated carbocycles. The average molecular weight is 459 g/mol. The number of hydrazone groups is 1. The number of hydrogen-bond donors (Lipinski definition) is 5. The van der Waals surface area contributed by atoms with Crippen LogP contribution in [0, 0.1) is 0 Å². The van der Waals surface area contributed by atoms with Gasteiger partial charge in [0.25, 0.3) is 0 Å². The molecule has 0 bridgehead atoms. The molecule has 0 amide bonds. The number of rotatable bonds is 8. The normalized spacial score (nSPS) is 22.8. The van der Waals surface area contributed by atoms with E-state index in [9.17, 15) is 15.3 Å². The van der Waals surface area contributed by atoms with Gasteiger partial charge in [-0.25, -0.2) is 20.4 Å². The number of hydrogen-bond acceptors (Lipinski definition) is 12. The number of benzene rings is 1. The van der Waals surface area contributed by atoms with Crippen molar-refractivity contribution in [1.29, 1.82) is 0 Å². The molecule has 4 rings (SSSR count). The van der Waals surface area contributed by atoms with E-state index in [4.69, 9.17) is 19.9 Å². The number of fused-ring (bicyclic) bond motifs is 1. The summed E-state index contributed by atoms with van der Waals surface area (Å²) in [5.74, 6) is 1.43. The first kappa shape index (κ1) is 22.7. The summed E-state index contributed by atoms with van der Waals surface area (Å²) in [7, 11) is 1.55. The van der Waals surface area contributed by atoms with Gasteiger partial charge in [0.05, 0.1) is 26.5 Å². The number of nitrogens with one attached hydrogen (secondary N) is 1. The summed E-state index contributed by atoms with van der Waals surface area (Å²) in [4.78, 5) is 12.5. The largest absolute Gasteiger partial charge is 0.493 e. The van der Waals surface area contributed by atoms with Gasteiger partial charge in [-0.3, -0.25) is 4.57 Å². The first-order chi connectivity index (χ1) is 16.0. The third-order valence-electron chi connectivity index (χ3n) is 5.14. The molecule has 13 heteroatoms. The minimum atomic E-state index is -1.35. The first-order valence-electron chi connectivity index (χ1n) is 10.2. The number of nitrogens with two attached hydrogens (primary N) is 1. The second-order valence-electron chi connectivity index (χ2n) is 7.18. The van der Waals surface area contributed by atoms with Crippen molar-refractivity contribution < 1.29 is 29.5 Å². The molecule has 0 aliphatic carbocycles. The summed E-state index contributed by atoms with van der Waals surface area (Å²) in [5, 5.41) is 34.3. The van der Waals surface area contributed by atoms with E-state index in [0.717, 1.165) is 5.56 Å². The molecule has 0 unspecified atom stereocenters. The lowest BCUT2D eigenvalue weighted by molar-refractivity contribution is -0.0501. The maximum Gasteiger partial charge on any atom is 0.228 e.